The topological polar surface area (TPSA) is 64.7 Å². The molecule has 0 spiro atoms. The molecule has 1 aromatic carbocycles. The van der Waals surface area contributed by atoms with E-state index < -0.39 is 11.8 Å². The van der Waals surface area contributed by atoms with Crippen LogP contribution in [0.3, 0.4) is 0 Å². The molecule has 2 N–H and O–H groups in total. The molecule has 1 saturated heterocycles. The standard InChI is InChI=1S/C18H26N4O2/c1-21-10-12-22(13-11-21)16-6-2-14(3-7-16)8-9-19-17(23)18(24)20-15-4-5-15/h2-3,6-7,15H,4-5,8-13H2,1H3,(H,19,23)(H,20,24). The highest BCUT2D eigenvalue weighted by molar-refractivity contribution is 6.35. The van der Waals surface area contributed by atoms with E-state index in [1.165, 1.54) is 5.69 Å². The van der Waals surface area contributed by atoms with Crippen molar-refractivity contribution >= 4 is 17.5 Å². The first kappa shape index (κ1) is 16.8. The van der Waals surface area contributed by atoms with Crippen molar-refractivity contribution < 1.29 is 9.59 Å². The Morgan fingerprint density at radius 2 is 1.71 bits per heavy atom. The molecule has 1 heterocycles. The fraction of sp³-hybridized carbons (Fsp3) is 0.556. The van der Waals surface area contributed by atoms with E-state index in [-0.39, 0.29) is 6.04 Å². The van der Waals surface area contributed by atoms with Crippen molar-refractivity contribution in [2.45, 2.75) is 25.3 Å². The Morgan fingerprint density at radius 3 is 2.33 bits per heavy atom. The molecule has 2 fully saturated rings. The summed E-state index contributed by atoms with van der Waals surface area (Å²) in [5, 5.41) is 5.37. The third-order valence-corrected chi connectivity index (χ3v) is 4.62. The number of carbonyl (C=O) groups is 2. The van der Waals surface area contributed by atoms with Gasteiger partial charge in [0, 0.05) is 44.5 Å². The molecular weight excluding hydrogens is 304 g/mol. The Hall–Kier alpha value is -2.08. The van der Waals surface area contributed by atoms with Gasteiger partial charge < -0.3 is 20.4 Å². The van der Waals surface area contributed by atoms with Crippen LogP contribution in [0.25, 0.3) is 0 Å². The molecule has 0 radical (unpaired) electrons. The number of likely N-dealkylation sites (N-methyl/N-ethyl adjacent to an activating group) is 1. The van der Waals surface area contributed by atoms with Crippen LogP contribution in [-0.4, -0.2) is 62.5 Å². The smallest absolute Gasteiger partial charge is 0.309 e. The summed E-state index contributed by atoms with van der Waals surface area (Å²) in [7, 11) is 2.15. The summed E-state index contributed by atoms with van der Waals surface area (Å²) in [6, 6.07) is 8.70. The van der Waals surface area contributed by atoms with Gasteiger partial charge in [-0.15, -0.1) is 0 Å². The number of amides is 2. The highest BCUT2D eigenvalue weighted by atomic mass is 16.2. The molecule has 24 heavy (non-hydrogen) atoms. The lowest BCUT2D eigenvalue weighted by Crippen LogP contribution is -2.44. The van der Waals surface area contributed by atoms with Gasteiger partial charge in [0.1, 0.15) is 0 Å². The second-order valence-electron chi connectivity index (χ2n) is 6.71. The molecule has 2 aliphatic rings. The third-order valence-electron chi connectivity index (χ3n) is 4.62. The summed E-state index contributed by atoms with van der Waals surface area (Å²) in [5.41, 5.74) is 2.41. The Bertz CT molecular complexity index is 575. The van der Waals surface area contributed by atoms with Gasteiger partial charge in [0.25, 0.3) is 0 Å². The molecule has 2 amide bonds. The van der Waals surface area contributed by atoms with Crippen LogP contribution in [0, 0.1) is 0 Å². The molecule has 0 bridgehead atoms. The summed E-state index contributed by atoms with van der Waals surface area (Å²) in [6.45, 7) is 4.78. The van der Waals surface area contributed by atoms with E-state index in [4.69, 9.17) is 0 Å². The van der Waals surface area contributed by atoms with Crippen molar-refractivity contribution in [3.05, 3.63) is 29.8 Å². The number of rotatable bonds is 5. The number of piperazine rings is 1. The average molecular weight is 330 g/mol. The van der Waals surface area contributed by atoms with Crippen molar-refractivity contribution in [1.82, 2.24) is 15.5 Å². The second-order valence-corrected chi connectivity index (χ2v) is 6.71. The van der Waals surface area contributed by atoms with Crippen LogP contribution >= 0.6 is 0 Å². The third kappa shape index (κ3) is 4.71. The summed E-state index contributed by atoms with van der Waals surface area (Å²) < 4.78 is 0. The summed E-state index contributed by atoms with van der Waals surface area (Å²) in [6.07, 6.45) is 2.70. The normalized spacial score (nSPS) is 18.3. The highest BCUT2D eigenvalue weighted by Gasteiger charge is 2.26. The number of hydrogen-bond donors (Lipinski definition) is 2. The zero-order valence-corrected chi connectivity index (χ0v) is 14.3. The minimum Gasteiger partial charge on any atom is -0.369 e. The zero-order valence-electron chi connectivity index (χ0n) is 14.3. The molecule has 6 heteroatoms. The van der Waals surface area contributed by atoms with Gasteiger partial charge in [-0.25, -0.2) is 0 Å². The van der Waals surface area contributed by atoms with Crippen LogP contribution in [0.15, 0.2) is 24.3 Å². The summed E-state index contributed by atoms with van der Waals surface area (Å²) in [4.78, 5) is 27.9. The van der Waals surface area contributed by atoms with E-state index in [0.717, 1.165) is 51.0 Å². The van der Waals surface area contributed by atoms with E-state index in [1.807, 2.05) is 0 Å². The van der Waals surface area contributed by atoms with Crippen molar-refractivity contribution in [1.29, 1.82) is 0 Å². The van der Waals surface area contributed by atoms with Crippen LogP contribution in [0.2, 0.25) is 0 Å². The van der Waals surface area contributed by atoms with Gasteiger partial charge in [0.05, 0.1) is 0 Å². The quantitative estimate of drug-likeness (QED) is 0.766. The number of nitrogens with zero attached hydrogens (tertiary/aromatic N) is 2. The average Bonchev–Trinajstić information content (AvgIpc) is 3.40. The molecule has 130 valence electrons. The minimum atomic E-state index is -0.532. The first-order valence-corrected chi connectivity index (χ1v) is 8.73. The molecule has 1 aliphatic heterocycles. The number of hydrogen-bond acceptors (Lipinski definition) is 4. The van der Waals surface area contributed by atoms with Crippen LogP contribution in [0.5, 0.6) is 0 Å². The monoisotopic (exact) mass is 330 g/mol. The Morgan fingerprint density at radius 1 is 1.04 bits per heavy atom. The summed E-state index contributed by atoms with van der Waals surface area (Å²) >= 11 is 0. The van der Waals surface area contributed by atoms with E-state index in [9.17, 15) is 9.59 Å². The maximum absolute atomic E-state index is 11.6. The van der Waals surface area contributed by atoms with Crippen LogP contribution < -0.4 is 15.5 Å². The van der Waals surface area contributed by atoms with Gasteiger partial charge in [-0.3, -0.25) is 9.59 Å². The zero-order chi connectivity index (χ0) is 16.9. The van der Waals surface area contributed by atoms with Crippen LogP contribution in [0.1, 0.15) is 18.4 Å². The molecule has 1 aliphatic carbocycles. The Balaban J connectivity index is 1.41. The maximum Gasteiger partial charge on any atom is 0.309 e. The van der Waals surface area contributed by atoms with E-state index in [1.54, 1.807) is 0 Å². The lowest BCUT2D eigenvalue weighted by atomic mass is 10.1. The predicted octanol–water partition coefficient (Wildman–Crippen LogP) is 0.376. The molecule has 3 rings (SSSR count). The van der Waals surface area contributed by atoms with Crippen LogP contribution in [0.4, 0.5) is 5.69 Å². The van der Waals surface area contributed by atoms with Gasteiger partial charge in [-0.05, 0) is 44.0 Å². The SMILES string of the molecule is CN1CCN(c2ccc(CCNC(=O)C(=O)NC3CC3)cc2)CC1. The molecule has 1 aromatic rings. The largest absolute Gasteiger partial charge is 0.369 e. The molecule has 0 atom stereocenters. The van der Waals surface area contributed by atoms with E-state index in [0.29, 0.717) is 6.54 Å². The van der Waals surface area contributed by atoms with Gasteiger partial charge in [-0.1, -0.05) is 12.1 Å². The van der Waals surface area contributed by atoms with Crippen LogP contribution in [-0.2, 0) is 16.0 Å². The molecule has 6 nitrogen and oxygen atoms in total. The Kier molecular flexibility index (Phi) is 5.35. The first-order chi connectivity index (χ1) is 11.6. The fourth-order valence-corrected chi connectivity index (χ4v) is 2.82. The number of nitrogens with one attached hydrogen (secondary N) is 2. The Labute approximate surface area is 143 Å². The predicted molar refractivity (Wildman–Crippen MR) is 94.0 cm³/mol. The summed E-state index contributed by atoms with van der Waals surface area (Å²) in [5.74, 6) is -1.04. The lowest BCUT2D eigenvalue weighted by molar-refractivity contribution is -0.139. The first-order valence-electron chi connectivity index (χ1n) is 8.73. The van der Waals surface area contributed by atoms with Crippen molar-refractivity contribution in [3.8, 4) is 0 Å². The molecule has 0 aromatic heterocycles. The van der Waals surface area contributed by atoms with Gasteiger partial charge in [0.2, 0.25) is 0 Å². The minimum absolute atomic E-state index is 0.213. The highest BCUT2D eigenvalue weighted by Crippen LogP contribution is 2.18. The van der Waals surface area contributed by atoms with Crippen molar-refractivity contribution in [2.24, 2.45) is 0 Å². The fourth-order valence-electron chi connectivity index (χ4n) is 2.82. The van der Waals surface area contributed by atoms with Crippen molar-refractivity contribution in [3.63, 3.8) is 0 Å². The second kappa shape index (κ2) is 7.66. The molecule has 1 saturated carbocycles. The lowest BCUT2D eigenvalue weighted by Gasteiger charge is -2.34. The van der Waals surface area contributed by atoms with E-state index >= 15 is 0 Å². The van der Waals surface area contributed by atoms with E-state index in [2.05, 4.69) is 51.7 Å². The van der Waals surface area contributed by atoms with Gasteiger partial charge >= 0.3 is 11.8 Å². The number of carbonyl (C=O) groups excluding carboxylic acids is 2. The number of benzene rings is 1. The molecule has 0 unspecified atom stereocenters. The van der Waals surface area contributed by atoms with Crippen molar-refractivity contribution in [2.75, 3.05) is 44.7 Å². The van der Waals surface area contributed by atoms with Gasteiger partial charge in [0.15, 0.2) is 0 Å². The maximum atomic E-state index is 11.6. The van der Waals surface area contributed by atoms with Gasteiger partial charge in [-0.2, -0.15) is 0 Å². The molecular formula is C18H26N4O2. The number of anilines is 1.